The van der Waals surface area contributed by atoms with Gasteiger partial charge in [0, 0.05) is 5.69 Å². The van der Waals surface area contributed by atoms with Gasteiger partial charge in [-0.2, -0.15) is 0 Å². The first-order valence-electron chi connectivity index (χ1n) is 6.76. The van der Waals surface area contributed by atoms with Crippen LogP contribution >= 0.6 is 0 Å². The van der Waals surface area contributed by atoms with E-state index in [9.17, 15) is 0 Å². The maximum Gasteiger partial charge on any atom is 0.0801 e. The number of hydrogen-bond acceptors (Lipinski definition) is 2. The van der Waals surface area contributed by atoms with E-state index in [0.29, 0.717) is 6.10 Å². The smallest absolute Gasteiger partial charge is 0.0801 e. The van der Waals surface area contributed by atoms with Crippen LogP contribution < -0.4 is 5.73 Å². The van der Waals surface area contributed by atoms with Crippen LogP contribution in [-0.2, 0) is 4.74 Å². The predicted molar refractivity (Wildman–Crippen MR) is 71.8 cm³/mol. The van der Waals surface area contributed by atoms with Gasteiger partial charge in [0.25, 0.3) is 0 Å². The Morgan fingerprint density at radius 3 is 2.53 bits per heavy atom. The lowest BCUT2D eigenvalue weighted by molar-refractivity contribution is -0.0110. The third-order valence-corrected chi connectivity index (χ3v) is 3.58. The molecule has 2 heteroatoms. The molecule has 0 aliphatic heterocycles. The van der Waals surface area contributed by atoms with Crippen LogP contribution in [0, 0.1) is 0 Å². The molecular formula is C15H23NO. The average Bonchev–Trinajstić information content (AvgIpc) is 2.57. The number of anilines is 1. The Morgan fingerprint density at radius 2 is 1.88 bits per heavy atom. The van der Waals surface area contributed by atoms with Gasteiger partial charge in [-0.15, -0.1) is 0 Å². The van der Waals surface area contributed by atoms with Crippen molar-refractivity contribution in [3.8, 4) is 0 Å². The summed E-state index contributed by atoms with van der Waals surface area (Å²) in [5, 5.41) is 0. The van der Waals surface area contributed by atoms with E-state index in [1.807, 2.05) is 18.2 Å². The van der Waals surface area contributed by atoms with Crippen molar-refractivity contribution < 1.29 is 4.74 Å². The Morgan fingerprint density at radius 1 is 1.18 bits per heavy atom. The van der Waals surface area contributed by atoms with Crippen molar-refractivity contribution >= 4 is 5.69 Å². The topological polar surface area (TPSA) is 35.2 Å². The minimum absolute atomic E-state index is 0.154. The molecule has 1 aromatic carbocycles. The molecule has 1 atom stereocenters. The summed E-state index contributed by atoms with van der Waals surface area (Å²) in [4.78, 5) is 0. The van der Waals surface area contributed by atoms with Crippen LogP contribution in [-0.4, -0.2) is 6.10 Å². The molecule has 1 aliphatic rings. The molecular weight excluding hydrogens is 210 g/mol. The summed E-state index contributed by atoms with van der Waals surface area (Å²) >= 11 is 0. The lowest BCUT2D eigenvalue weighted by Crippen LogP contribution is -2.14. The second-order valence-electron chi connectivity index (χ2n) is 5.06. The summed E-state index contributed by atoms with van der Waals surface area (Å²) in [6.45, 7) is 2.12. The van der Waals surface area contributed by atoms with Crippen LogP contribution in [0.2, 0.25) is 0 Å². The molecule has 0 aromatic heterocycles. The first-order valence-corrected chi connectivity index (χ1v) is 6.76. The van der Waals surface area contributed by atoms with Gasteiger partial charge in [0.2, 0.25) is 0 Å². The third-order valence-electron chi connectivity index (χ3n) is 3.58. The summed E-state index contributed by atoms with van der Waals surface area (Å²) < 4.78 is 6.16. The third kappa shape index (κ3) is 3.74. The largest absolute Gasteiger partial charge is 0.399 e. The van der Waals surface area contributed by atoms with Crippen LogP contribution in [0.4, 0.5) is 5.69 Å². The van der Waals surface area contributed by atoms with Crippen molar-refractivity contribution in [2.75, 3.05) is 5.73 Å². The number of nitrogen functional groups attached to an aromatic ring is 1. The molecule has 0 radical (unpaired) electrons. The van der Waals surface area contributed by atoms with Crippen LogP contribution in [0.5, 0.6) is 0 Å². The Hall–Kier alpha value is -1.02. The first-order chi connectivity index (χ1) is 8.25. The summed E-state index contributed by atoms with van der Waals surface area (Å²) in [7, 11) is 0. The molecule has 2 rings (SSSR count). The summed E-state index contributed by atoms with van der Waals surface area (Å²) in [5.74, 6) is 0. The molecule has 1 unspecified atom stereocenters. The van der Waals surface area contributed by atoms with Gasteiger partial charge >= 0.3 is 0 Å². The highest BCUT2D eigenvalue weighted by Crippen LogP contribution is 2.26. The molecule has 1 aliphatic carbocycles. The van der Waals surface area contributed by atoms with E-state index in [2.05, 4.69) is 13.0 Å². The van der Waals surface area contributed by atoms with Crippen molar-refractivity contribution in [1.82, 2.24) is 0 Å². The van der Waals surface area contributed by atoms with E-state index in [4.69, 9.17) is 10.5 Å². The molecule has 0 saturated heterocycles. The zero-order chi connectivity index (χ0) is 12.1. The fourth-order valence-corrected chi connectivity index (χ4v) is 2.56. The fourth-order valence-electron chi connectivity index (χ4n) is 2.56. The average molecular weight is 233 g/mol. The normalized spacial score (nSPS) is 19.8. The van der Waals surface area contributed by atoms with Crippen LogP contribution in [0.25, 0.3) is 0 Å². The predicted octanol–water partition coefficient (Wildman–Crippen LogP) is 4.07. The van der Waals surface area contributed by atoms with Crippen molar-refractivity contribution in [3.63, 3.8) is 0 Å². The second-order valence-corrected chi connectivity index (χ2v) is 5.06. The van der Waals surface area contributed by atoms with Crippen LogP contribution in [0.15, 0.2) is 24.3 Å². The van der Waals surface area contributed by atoms with E-state index in [1.54, 1.807) is 0 Å². The Balaban J connectivity index is 1.93. The van der Waals surface area contributed by atoms with Gasteiger partial charge in [0.05, 0.1) is 12.2 Å². The molecule has 17 heavy (non-hydrogen) atoms. The molecule has 0 bridgehead atoms. The van der Waals surface area contributed by atoms with Gasteiger partial charge < -0.3 is 10.5 Å². The number of ether oxygens (including phenoxy) is 1. The lowest BCUT2D eigenvalue weighted by Gasteiger charge is -2.21. The molecule has 1 saturated carbocycles. The summed E-state index contributed by atoms with van der Waals surface area (Å²) in [6, 6.07) is 8.03. The van der Waals surface area contributed by atoms with E-state index < -0.39 is 0 Å². The quantitative estimate of drug-likeness (QED) is 0.631. The molecule has 0 heterocycles. The highest BCUT2D eigenvalue weighted by molar-refractivity contribution is 5.41. The molecule has 0 spiro atoms. The maximum atomic E-state index is 6.16. The van der Waals surface area contributed by atoms with Gasteiger partial charge in [-0.1, -0.05) is 37.8 Å². The van der Waals surface area contributed by atoms with E-state index >= 15 is 0 Å². The monoisotopic (exact) mass is 233 g/mol. The zero-order valence-corrected chi connectivity index (χ0v) is 10.7. The van der Waals surface area contributed by atoms with E-state index in [0.717, 1.165) is 5.69 Å². The summed E-state index contributed by atoms with van der Waals surface area (Å²) in [5.41, 5.74) is 7.81. The number of nitrogens with two attached hydrogens (primary N) is 1. The number of hydrogen-bond donors (Lipinski definition) is 1. The van der Waals surface area contributed by atoms with E-state index in [1.165, 1.54) is 44.1 Å². The lowest BCUT2D eigenvalue weighted by atomic mass is 10.1. The standard InChI is InChI=1S/C15H23NO/c1-12(13-7-6-8-14(16)11-13)17-15-9-4-2-3-5-10-15/h6-8,11-12,15H,2-5,9-10,16H2,1H3. The maximum absolute atomic E-state index is 6.16. The van der Waals surface area contributed by atoms with Gasteiger partial charge in [-0.25, -0.2) is 0 Å². The highest BCUT2D eigenvalue weighted by atomic mass is 16.5. The second kappa shape index (κ2) is 6.06. The van der Waals surface area contributed by atoms with Crippen molar-refractivity contribution in [3.05, 3.63) is 29.8 Å². The Bertz CT molecular complexity index is 343. The highest BCUT2D eigenvalue weighted by Gasteiger charge is 2.16. The van der Waals surface area contributed by atoms with E-state index in [-0.39, 0.29) is 6.10 Å². The number of rotatable bonds is 3. The fraction of sp³-hybridized carbons (Fsp3) is 0.600. The minimum atomic E-state index is 0.154. The van der Waals surface area contributed by atoms with Crippen molar-refractivity contribution in [1.29, 1.82) is 0 Å². The van der Waals surface area contributed by atoms with Crippen LogP contribution in [0.1, 0.15) is 57.1 Å². The van der Waals surface area contributed by atoms with Crippen molar-refractivity contribution in [2.45, 2.75) is 57.7 Å². The molecule has 0 amide bonds. The zero-order valence-electron chi connectivity index (χ0n) is 10.7. The minimum Gasteiger partial charge on any atom is -0.399 e. The molecule has 1 fully saturated rings. The van der Waals surface area contributed by atoms with Gasteiger partial charge in [-0.05, 0) is 37.5 Å². The summed E-state index contributed by atoms with van der Waals surface area (Å²) in [6.07, 6.45) is 8.39. The first kappa shape index (κ1) is 12.4. The molecule has 2 nitrogen and oxygen atoms in total. The molecule has 2 N–H and O–H groups in total. The van der Waals surface area contributed by atoms with Crippen molar-refractivity contribution in [2.24, 2.45) is 0 Å². The number of benzene rings is 1. The van der Waals surface area contributed by atoms with Gasteiger partial charge in [0.15, 0.2) is 0 Å². The Labute approximate surface area is 104 Å². The van der Waals surface area contributed by atoms with Gasteiger partial charge in [-0.3, -0.25) is 0 Å². The molecule has 1 aromatic rings. The SMILES string of the molecule is CC(OC1CCCCCC1)c1cccc(N)c1. The van der Waals surface area contributed by atoms with Gasteiger partial charge in [0.1, 0.15) is 0 Å². The molecule has 94 valence electrons. The van der Waals surface area contributed by atoms with Crippen LogP contribution in [0.3, 0.4) is 0 Å². The Kier molecular flexibility index (Phi) is 4.43.